The van der Waals surface area contributed by atoms with E-state index in [2.05, 4.69) is 20.8 Å². The Kier molecular flexibility index (Phi) is 7.60. The fourth-order valence-corrected chi connectivity index (χ4v) is 3.12. The third-order valence-corrected chi connectivity index (χ3v) is 4.78. The number of nitrogens with zero attached hydrogens (tertiary/aromatic N) is 2. The minimum atomic E-state index is 0. The van der Waals surface area contributed by atoms with Crippen LogP contribution in [0.1, 0.15) is 44.0 Å². The highest BCUT2D eigenvalue weighted by atomic mass is 35.5. The van der Waals surface area contributed by atoms with Crippen molar-refractivity contribution >= 4 is 24.0 Å². The van der Waals surface area contributed by atoms with Crippen molar-refractivity contribution in [3.63, 3.8) is 0 Å². The van der Waals surface area contributed by atoms with Crippen LogP contribution < -0.4 is 10.6 Å². The number of anilines is 1. The number of carbonyl (C=O) groups is 1. The molecule has 0 spiro atoms. The van der Waals surface area contributed by atoms with Crippen molar-refractivity contribution in [3.05, 3.63) is 29.6 Å². The van der Waals surface area contributed by atoms with Crippen molar-refractivity contribution < 1.29 is 9.32 Å². The van der Waals surface area contributed by atoms with Crippen LogP contribution >= 0.6 is 12.4 Å². The van der Waals surface area contributed by atoms with Crippen LogP contribution in [0.5, 0.6) is 0 Å². The lowest BCUT2D eigenvalue weighted by atomic mass is 9.93. The molecule has 0 atom stereocenters. The monoisotopic (exact) mass is 378 g/mol. The highest BCUT2D eigenvalue weighted by Crippen LogP contribution is 2.25. The molecule has 1 fully saturated rings. The molecule has 1 aromatic carbocycles. The number of rotatable bonds is 6. The van der Waals surface area contributed by atoms with Crippen molar-refractivity contribution in [2.45, 2.75) is 46.0 Å². The number of hydrogen-bond donors (Lipinski definition) is 2. The van der Waals surface area contributed by atoms with Gasteiger partial charge < -0.3 is 15.2 Å². The predicted octanol–water partition coefficient (Wildman–Crippen LogP) is 3.75. The zero-order valence-corrected chi connectivity index (χ0v) is 16.2. The predicted molar refractivity (Wildman–Crippen MR) is 105 cm³/mol. The van der Waals surface area contributed by atoms with E-state index in [0.29, 0.717) is 24.1 Å². The number of benzene rings is 1. The number of amides is 1. The summed E-state index contributed by atoms with van der Waals surface area (Å²) in [6.45, 7) is 6.10. The number of hydrogen-bond acceptors (Lipinski definition) is 5. The fraction of sp³-hybridized carbons (Fsp3) is 0.526. The fourth-order valence-electron chi connectivity index (χ4n) is 3.12. The summed E-state index contributed by atoms with van der Waals surface area (Å²) in [5.74, 6) is 1.90. The molecule has 1 saturated heterocycles. The van der Waals surface area contributed by atoms with Gasteiger partial charge >= 0.3 is 0 Å². The Morgan fingerprint density at radius 3 is 2.81 bits per heavy atom. The molecule has 142 valence electrons. The molecule has 26 heavy (non-hydrogen) atoms. The molecular weight excluding hydrogens is 352 g/mol. The van der Waals surface area contributed by atoms with Crippen molar-refractivity contribution in [2.24, 2.45) is 5.92 Å². The molecular formula is C19H27ClN4O2. The van der Waals surface area contributed by atoms with Gasteiger partial charge in [0.2, 0.25) is 5.91 Å². The van der Waals surface area contributed by atoms with E-state index >= 15 is 0 Å². The van der Waals surface area contributed by atoms with Crippen LogP contribution in [0.25, 0.3) is 11.5 Å². The number of nitrogens with one attached hydrogen (secondary N) is 2. The average Bonchev–Trinajstić information content (AvgIpc) is 3.12. The molecule has 1 aliphatic heterocycles. The molecule has 6 nitrogen and oxygen atoms in total. The second-order valence-electron chi connectivity index (χ2n) is 6.68. The van der Waals surface area contributed by atoms with Gasteiger partial charge in [0.15, 0.2) is 5.82 Å². The van der Waals surface area contributed by atoms with Gasteiger partial charge in [0.25, 0.3) is 5.89 Å². The third-order valence-electron chi connectivity index (χ3n) is 4.78. The van der Waals surface area contributed by atoms with Crippen molar-refractivity contribution in [3.8, 4) is 11.5 Å². The van der Waals surface area contributed by atoms with Crippen LogP contribution in [0.15, 0.2) is 22.7 Å². The SMILES string of the molecule is CCc1noc(-c2ccc(C)c(NC(=O)CCC3CCNCC3)c2)n1.Cl. The van der Waals surface area contributed by atoms with Crippen molar-refractivity contribution in [2.75, 3.05) is 18.4 Å². The largest absolute Gasteiger partial charge is 0.334 e. The molecule has 0 saturated carbocycles. The molecule has 0 radical (unpaired) electrons. The number of piperidine rings is 1. The molecule has 1 aromatic heterocycles. The van der Waals surface area contributed by atoms with Gasteiger partial charge in [-0.25, -0.2) is 0 Å². The van der Waals surface area contributed by atoms with Gasteiger partial charge in [-0.2, -0.15) is 4.98 Å². The standard InChI is InChI=1S/C19H26N4O2.ClH/c1-3-17-22-19(25-23-17)15-6-4-13(2)16(12-15)21-18(24)7-5-14-8-10-20-11-9-14;/h4,6,12,14,20H,3,5,7-11H2,1-2H3,(H,21,24);1H. The zero-order chi connectivity index (χ0) is 17.6. The molecule has 3 rings (SSSR count). The lowest BCUT2D eigenvalue weighted by Gasteiger charge is -2.22. The van der Waals surface area contributed by atoms with E-state index < -0.39 is 0 Å². The highest BCUT2D eigenvalue weighted by molar-refractivity contribution is 5.92. The number of carbonyl (C=O) groups excluding carboxylic acids is 1. The Morgan fingerprint density at radius 2 is 2.12 bits per heavy atom. The van der Waals surface area contributed by atoms with Gasteiger partial charge in [0, 0.05) is 24.1 Å². The van der Waals surface area contributed by atoms with Gasteiger partial charge in [0.05, 0.1) is 0 Å². The van der Waals surface area contributed by atoms with Crippen LogP contribution in [0, 0.1) is 12.8 Å². The van der Waals surface area contributed by atoms with E-state index in [-0.39, 0.29) is 18.3 Å². The summed E-state index contributed by atoms with van der Waals surface area (Å²) in [4.78, 5) is 16.7. The Morgan fingerprint density at radius 1 is 1.35 bits per heavy atom. The summed E-state index contributed by atoms with van der Waals surface area (Å²) in [6, 6.07) is 5.81. The van der Waals surface area contributed by atoms with Crippen LogP contribution in [0.4, 0.5) is 5.69 Å². The van der Waals surface area contributed by atoms with E-state index in [1.807, 2.05) is 32.0 Å². The summed E-state index contributed by atoms with van der Waals surface area (Å²) >= 11 is 0. The van der Waals surface area contributed by atoms with E-state index in [0.717, 1.165) is 42.7 Å². The molecule has 0 unspecified atom stereocenters. The maximum Gasteiger partial charge on any atom is 0.257 e. The van der Waals surface area contributed by atoms with Crippen LogP contribution in [0.3, 0.4) is 0 Å². The topological polar surface area (TPSA) is 80.0 Å². The second-order valence-corrected chi connectivity index (χ2v) is 6.68. The summed E-state index contributed by atoms with van der Waals surface area (Å²) in [5.41, 5.74) is 2.66. The molecule has 1 amide bonds. The lowest BCUT2D eigenvalue weighted by Crippen LogP contribution is -2.28. The third kappa shape index (κ3) is 5.29. The average molecular weight is 379 g/mol. The quantitative estimate of drug-likeness (QED) is 0.800. The first-order valence-electron chi connectivity index (χ1n) is 9.10. The summed E-state index contributed by atoms with van der Waals surface area (Å²) < 4.78 is 5.29. The van der Waals surface area contributed by atoms with E-state index in [4.69, 9.17) is 4.52 Å². The molecule has 2 heterocycles. The van der Waals surface area contributed by atoms with Crippen molar-refractivity contribution in [1.29, 1.82) is 0 Å². The minimum Gasteiger partial charge on any atom is -0.334 e. The normalized spacial score (nSPS) is 14.7. The maximum atomic E-state index is 12.3. The second kappa shape index (κ2) is 9.69. The van der Waals surface area contributed by atoms with Crippen LogP contribution in [0.2, 0.25) is 0 Å². The van der Waals surface area contributed by atoms with Gasteiger partial charge in [-0.15, -0.1) is 12.4 Å². The Labute approximate surface area is 160 Å². The number of halogens is 1. The Bertz CT molecular complexity index is 726. The van der Waals surface area contributed by atoms with Crippen LogP contribution in [-0.2, 0) is 11.2 Å². The summed E-state index contributed by atoms with van der Waals surface area (Å²) in [5, 5.41) is 10.3. The number of aryl methyl sites for hydroxylation is 2. The van der Waals surface area contributed by atoms with E-state index in [9.17, 15) is 4.79 Å². The van der Waals surface area contributed by atoms with E-state index in [1.165, 1.54) is 12.8 Å². The van der Waals surface area contributed by atoms with Gasteiger partial charge in [0.1, 0.15) is 0 Å². The van der Waals surface area contributed by atoms with Crippen molar-refractivity contribution in [1.82, 2.24) is 15.5 Å². The molecule has 0 aliphatic carbocycles. The first-order valence-corrected chi connectivity index (χ1v) is 9.10. The summed E-state index contributed by atoms with van der Waals surface area (Å²) in [7, 11) is 0. The maximum absolute atomic E-state index is 12.3. The summed E-state index contributed by atoms with van der Waals surface area (Å²) in [6.07, 6.45) is 4.58. The smallest absolute Gasteiger partial charge is 0.257 e. The molecule has 2 aromatic rings. The molecule has 7 heteroatoms. The van der Waals surface area contributed by atoms with Crippen LogP contribution in [-0.4, -0.2) is 29.1 Å². The Hall–Kier alpha value is -1.92. The molecule has 0 bridgehead atoms. The number of aromatic nitrogens is 2. The molecule has 2 N–H and O–H groups in total. The van der Waals surface area contributed by atoms with Gasteiger partial charge in [-0.3, -0.25) is 4.79 Å². The van der Waals surface area contributed by atoms with E-state index in [1.54, 1.807) is 0 Å². The Balaban J connectivity index is 0.00000243. The zero-order valence-electron chi connectivity index (χ0n) is 15.4. The first-order chi connectivity index (χ1) is 12.2. The molecule has 1 aliphatic rings. The van der Waals surface area contributed by atoms with Gasteiger partial charge in [-0.05, 0) is 62.9 Å². The van der Waals surface area contributed by atoms with Gasteiger partial charge in [-0.1, -0.05) is 18.1 Å². The highest BCUT2D eigenvalue weighted by Gasteiger charge is 2.15. The minimum absolute atomic E-state index is 0. The first kappa shape index (κ1) is 20.4. The lowest BCUT2D eigenvalue weighted by molar-refractivity contribution is -0.116.